The Morgan fingerprint density at radius 3 is 1.08 bits per heavy atom. The normalized spacial score (nSPS) is 12.8. The summed E-state index contributed by atoms with van der Waals surface area (Å²) in [5.74, 6) is 3.43. The largest absolute Gasteiger partial charge is 0.507 e. The lowest BCUT2D eigenvalue weighted by Crippen LogP contribution is -2.17. The van der Waals surface area contributed by atoms with Gasteiger partial charge in [0.05, 0.1) is 47.4 Å². The van der Waals surface area contributed by atoms with Crippen LogP contribution >= 0.6 is 0 Å². The number of aromatic hydroxyl groups is 1. The van der Waals surface area contributed by atoms with Gasteiger partial charge in [0.25, 0.3) is 0 Å². The molecule has 462 valence electrons. The average Bonchev–Trinajstić information content (AvgIpc) is 1.16. The maximum Gasteiger partial charge on any atom is 0.130 e. The molecule has 0 spiro atoms. The zero-order chi connectivity index (χ0) is 63.4. The van der Waals surface area contributed by atoms with Crippen molar-refractivity contribution in [3.05, 3.63) is 241 Å². The number of hydrogen-bond donors (Lipinski definition) is 2. The van der Waals surface area contributed by atoms with Crippen LogP contribution in [0, 0.1) is 13.8 Å². The number of hydrogen-bond acceptors (Lipinski definition) is 10. The number of nitrogens with zero attached hydrogens (tertiary/aromatic N) is 4. The van der Waals surface area contributed by atoms with Crippen LogP contribution in [0.2, 0.25) is 0 Å². The van der Waals surface area contributed by atoms with Gasteiger partial charge >= 0.3 is 0 Å². The van der Waals surface area contributed by atoms with Gasteiger partial charge in [-0.3, -0.25) is 9.97 Å². The zero-order valence-electron chi connectivity index (χ0n) is 55.1. The molecule has 89 heavy (non-hydrogen) atoms. The van der Waals surface area contributed by atoms with Gasteiger partial charge in [0.2, 0.25) is 0 Å². The number of fused-ring (bicyclic) bond motifs is 8. The van der Waals surface area contributed by atoms with Gasteiger partial charge in [-0.15, -0.1) is 0 Å². The third kappa shape index (κ3) is 15.7. The average molecular weight is 1190 g/mol. The van der Waals surface area contributed by atoms with Gasteiger partial charge in [-0.2, -0.15) is 0 Å². The van der Waals surface area contributed by atoms with E-state index in [1.54, 1.807) is 0 Å². The van der Waals surface area contributed by atoms with Gasteiger partial charge in [-0.05, 0) is 181 Å². The summed E-state index contributed by atoms with van der Waals surface area (Å²) in [7, 11) is 0. The molecule has 0 fully saturated rings. The lowest BCUT2D eigenvalue weighted by Gasteiger charge is -2.29. The number of nitrogens with two attached hydrogens (primary N) is 1. The van der Waals surface area contributed by atoms with E-state index >= 15 is 0 Å². The second-order valence-corrected chi connectivity index (χ2v) is 28.4. The first-order valence-electron chi connectivity index (χ1n) is 31.7. The van der Waals surface area contributed by atoms with Gasteiger partial charge < -0.3 is 29.8 Å². The summed E-state index contributed by atoms with van der Waals surface area (Å²) in [6.07, 6.45) is 3.23. The van der Waals surface area contributed by atoms with Crippen molar-refractivity contribution in [2.45, 2.75) is 170 Å². The maximum atomic E-state index is 13.1. The molecule has 0 saturated carbocycles. The molecule has 0 radical (unpaired) electrons. The van der Waals surface area contributed by atoms with Crippen LogP contribution in [-0.4, -0.2) is 44.8 Å². The molecule has 4 heterocycles. The Morgan fingerprint density at radius 2 is 0.719 bits per heavy atom. The summed E-state index contributed by atoms with van der Waals surface area (Å²) >= 11 is 0. The van der Waals surface area contributed by atoms with Crippen molar-refractivity contribution in [2.75, 3.05) is 19.8 Å². The van der Waals surface area contributed by atoms with Crippen LogP contribution in [-0.2, 0) is 67.0 Å². The minimum atomic E-state index is -0.259. The van der Waals surface area contributed by atoms with Crippen LogP contribution in [0.3, 0.4) is 0 Å². The topological polar surface area (TPSA) is 135 Å². The number of aromatic nitrogens is 4. The molecule has 10 nitrogen and oxygen atoms in total. The highest BCUT2D eigenvalue weighted by Gasteiger charge is 2.30. The lowest BCUT2D eigenvalue weighted by molar-refractivity contribution is 0.245. The summed E-state index contributed by atoms with van der Waals surface area (Å²) in [6.45, 7) is 33.1. The molecule has 5 aromatic carbocycles. The fourth-order valence-electron chi connectivity index (χ4n) is 11.6. The van der Waals surface area contributed by atoms with Gasteiger partial charge in [0.15, 0.2) is 0 Å². The predicted molar refractivity (Wildman–Crippen MR) is 361 cm³/mol. The standard InChI is InChI=1S/C79H91N5O5/c1-50-20-15-24-68(81-50)70-26-17-22-65(83-70)48-88-74-55-36-53-40-61(76(3,4)5)41-54(72(53)85)37-56-43-63(78(9,10)11)47-60(75(56)89-49-66-23-18-27-71(84-66)69-25-16-21-51(2)82-69)39-58-45-64(79(12,13)14)44-57(38-59(74)46-62(42-55)77(6,7)8)73(58)87-35-19-34-86-67-30-28-52(29-31-67)32-33-80/h15-18,20-31,40-47,85H,19,32-39,48-49,80H2,1-14H3. The molecule has 1 aliphatic rings. The van der Waals surface area contributed by atoms with Crippen LogP contribution in [0.1, 0.15) is 185 Å². The second-order valence-electron chi connectivity index (χ2n) is 28.4. The molecule has 0 saturated heterocycles. The molecule has 9 aromatic rings. The maximum absolute atomic E-state index is 13.1. The SMILES string of the molecule is Cc1cccc(-c2cccc(COc3c4cc(C(C)(C)C)cc3Cc3cc(C(C)(C)C)cc(c3OCCCOc3ccc(CCN)cc3)Cc3cc(C(C)(C)C)cc(c3OCc3cccc(-c5cccc(C)n5)n3)Cc3cc(C(C)(C)C)cc(c3O)C4)n2)n1. The third-order valence-electron chi connectivity index (χ3n) is 16.8. The first kappa shape index (κ1) is 63.7. The van der Waals surface area contributed by atoms with Crippen molar-refractivity contribution in [1.82, 2.24) is 19.9 Å². The number of phenolic OH excluding ortho intramolecular Hbond substituents is 1. The van der Waals surface area contributed by atoms with Gasteiger partial charge in [0.1, 0.15) is 42.0 Å². The summed E-state index contributed by atoms with van der Waals surface area (Å²) < 4.78 is 28.3. The molecular formula is C79H91N5O5. The Hall–Kier alpha value is -8.34. The number of aryl methyl sites for hydroxylation is 2. The van der Waals surface area contributed by atoms with E-state index < -0.39 is 0 Å². The smallest absolute Gasteiger partial charge is 0.130 e. The Kier molecular flexibility index (Phi) is 18.9. The molecule has 0 atom stereocenters. The van der Waals surface area contributed by atoms with Crippen molar-refractivity contribution in [3.8, 4) is 51.5 Å². The number of benzene rings is 5. The Morgan fingerprint density at radius 1 is 0.393 bits per heavy atom. The van der Waals surface area contributed by atoms with Gasteiger partial charge in [0, 0.05) is 43.5 Å². The number of phenols is 1. The quantitative estimate of drug-likeness (QED) is 0.0901. The Bertz CT molecular complexity index is 3780. The minimum absolute atomic E-state index is 0.205. The summed E-state index contributed by atoms with van der Waals surface area (Å²) in [5.41, 5.74) is 25.0. The Balaban J connectivity index is 1.18. The van der Waals surface area contributed by atoms with Crippen molar-refractivity contribution >= 4 is 0 Å². The third-order valence-corrected chi connectivity index (χ3v) is 16.8. The van der Waals surface area contributed by atoms with E-state index in [2.05, 4.69) is 144 Å². The molecule has 1 aliphatic carbocycles. The van der Waals surface area contributed by atoms with E-state index in [0.717, 1.165) is 136 Å². The molecular weight excluding hydrogens is 1100 g/mol. The molecule has 0 unspecified atom stereocenters. The van der Waals surface area contributed by atoms with E-state index in [0.29, 0.717) is 51.9 Å². The lowest BCUT2D eigenvalue weighted by atomic mass is 9.79. The number of rotatable bonds is 16. The van der Waals surface area contributed by atoms with Crippen LogP contribution in [0.15, 0.2) is 146 Å². The fourth-order valence-corrected chi connectivity index (χ4v) is 11.6. The van der Waals surface area contributed by atoms with E-state index in [4.69, 9.17) is 44.6 Å². The van der Waals surface area contributed by atoms with Crippen LogP contribution < -0.4 is 24.7 Å². The number of pyridine rings is 4. The highest BCUT2D eigenvalue weighted by molar-refractivity contribution is 5.61. The first-order chi connectivity index (χ1) is 42.2. The van der Waals surface area contributed by atoms with E-state index in [1.807, 2.05) is 98.8 Å². The summed E-state index contributed by atoms with van der Waals surface area (Å²) in [4.78, 5) is 19.9. The molecule has 10 heteroatoms. The van der Waals surface area contributed by atoms with E-state index in [9.17, 15) is 5.11 Å². The molecule has 10 rings (SSSR count). The van der Waals surface area contributed by atoms with Gasteiger partial charge in [-0.1, -0.05) is 168 Å². The predicted octanol–water partition coefficient (Wildman–Crippen LogP) is 17.3. The number of ether oxygens (including phenoxy) is 4. The van der Waals surface area contributed by atoms with Crippen molar-refractivity contribution in [3.63, 3.8) is 0 Å². The van der Waals surface area contributed by atoms with Crippen LogP contribution in [0.25, 0.3) is 22.8 Å². The summed E-state index contributed by atoms with van der Waals surface area (Å²) in [6, 6.07) is 50.7. The van der Waals surface area contributed by atoms with Crippen molar-refractivity contribution < 1.29 is 24.1 Å². The van der Waals surface area contributed by atoms with E-state index in [1.165, 1.54) is 11.1 Å². The van der Waals surface area contributed by atoms with Crippen molar-refractivity contribution in [1.29, 1.82) is 0 Å². The second kappa shape index (κ2) is 26.4. The highest BCUT2D eigenvalue weighted by Crippen LogP contribution is 2.45. The minimum Gasteiger partial charge on any atom is -0.507 e. The van der Waals surface area contributed by atoms with Crippen LogP contribution in [0.4, 0.5) is 0 Å². The van der Waals surface area contributed by atoms with Crippen LogP contribution in [0.5, 0.6) is 28.7 Å². The monoisotopic (exact) mass is 1190 g/mol. The highest BCUT2D eigenvalue weighted by atomic mass is 16.5. The Labute approximate surface area is 529 Å². The molecule has 4 aromatic heterocycles. The molecule has 0 amide bonds. The van der Waals surface area contributed by atoms with E-state index in [-0.39, 0.29) is 40.6 Å². The summed E-state index contributed by atoms with van der Waals surface area (Å²) in [5, 5.41) is 13.1. The molecule has 0 aliphatic heterocycles. The first-order valence-corrected chi connectivity index (χ1v) is 31.7. The molecule has 8 bridgehead atoms. The van der Waals surface area contributed by atoms with Crippen molar-refractivity contribution in [2.24, 2.45) is 5.73 Å². The van der Waals surface area contributed by atoms with Gasteiger partial charge in [-0.25, -0.2) is 9.97 Å². The molecule has 3 N–H and O–H groups in total. The fraction of sp³-hybridized carbons (Fsp3) is 0.367. The zero-order valence-corrected chi connectivity index (χ0v) is 55.1.